The van der Waals surface area contributed by atoms with Gasteiger partial charge in [-0.05, 0) is 23.8 Å². The average molecular weight is 335 g/mol. The summed E-state index contributed by atoms with van der Waals surface area (Å²) >= 11 is 14.9. The molecule has 17 heavy (non-hydrogen) atoms. The van der Waals surface area contributed by atoms with Crippen molar-refractivity contribution in [3.8, 4) is 0 Å². The van der Waals surface area contributed by atoms with E-state index in [1.54, 1.807) is 24.3 Å². The first kappa shape index (κ1) is 14.3. The molecule has 5 heteroatoms. The Kier molecular flexibility index (Phi) is 5.75. The van der Waals surface area contributed by atoms with Crippen LogP contribution in [0.5, 0.6) is 0 Å². The minimum absolute atomic E-state index is 0.211. The first-order chi connectivity index (χ1) is 7.99. The van der Waals surface area contributed by atoms with Gasteiger partial charge in [-0.2, -0.15) is 0 Å². The van der Waals surface area contributed by atoms with Crippen molar-refractivity contribution in [1.82, 2.24) is 5.32 Å². The third-order valence-electron chi connectivity index (χ3n) is 1.83. The van der Waals surface area contributed by atoms with Crippen LogP contribution in [0.1, 0.15) is 5.56 Å². The molecule has 0 radical (unpaired) electrons. The van der Waals surface area contributed by atoms with Crippen LogP contribution >= 0.6 is 39.1 Å². The van der Waals surface area contributed by atoms with Crippen molar-refractivity contribution in [3.05, 3.63) is 50.9 Å². The average Bonchev–Trinajstić information content (AvgIpc) is 2.25. The number of rotatable bonds is 4. The zero-order valence-electron chi connectivity index (χ0n) is 8.84. The number of benzene rings is 1. The minimum Gasteiger partial charge on any atom is -0.348 e. The normalized spacial score (nSPS) is 10.5. The molecule has 0 aromatic heterocycles. The van der Waals surface area contributed by atoms with E-state index in [4.69, 9.17) is 23.2 Å². The molecule has 2 nitrogen and oxygen atoms in total. The van der Waals surface area contributed by atoms with Crippen molar-refractivity contribution in [2.45, 2.75) is 0 Å². The standard InChI is InChI=1S/C12H10BrCl2NO/c1-8(13)7-16-12(17)5-3-9-2-4-10(14)6-11(9)15/h2-6H,1,7H2,(H,16,17)/b5-3+. The van der Waals surface area contributed by atoms with E-state index in [-0.39, 0.29) is 5.91 Å². The van der Waals surface area contributed by atoms with Gasteiger partial charge < -0.3 is 5.32 Å². The van der Waals surface area contributed by atoms with Crippen molar-refractivity contribution in [1.29, 1.82) is 0 Å². The summed E-state index contributed by atoms with van der Waals surface area (Å²) in [5, 5.41) is 3.71. The van der Waals surface area contributed by atoms with Crippen LogP contribution in [0.25, 0.3) is 6.08 Å². The molecule has 1 aromatic rings. The van der Waals surface area contributed by atoms with E-state index in [0.29, 0.717) is 21.1 Å². The fraction of sp³-hybridized carbons (Fsp3) is 0.0833. The Morgan fingerprint density at radius 1 is 1.47 bits per heavy atom. The molecule has 90 valence electrons. The summed E-state index contributed by atoms with van der Waals surface area (Å²) in [4.78, 5) is 11.4. The van der Waals surface area contributed by atoms with Gasteiger partial charge in [-0.15, -0.1) is 0 Å². The van der Waals surface area contributed by atoms with Crippen LogP contribution in [0.3, 0.4) is 0 Å². The number of hydrogen-bond donors (Lipinski definition) is 1. The van der Waals surface area contributed by atoms with E-state index in [1.165, 1.54) is 6.08 Å². The monoisotopic (exact) mass is 333 g/mol. The van der Waals surface area contributed by atoms with Crippen molar-refractivity contribution >= 4 is 51.1 Å². The lowest BCUT2D eigenvalue weighted by molar-refractivity contribution is -0.116. The predicted molar refractivity (Wildman–Crippen MR) is 76.6 cm³/mol. The van der Waals surface area contributed by atoms with Crippen LogP contribution in [-0.2, 0) is 4.79 Å². The first-order valence-electron chi connectivity index (χ1n) is 4.73. The van der Waals surface area contributed by atoms with Crippen LogP contribution in [0.2, 0.25) is 10.0 Å². The van der Waals surface area contributed by atoms with E-state index in [2.05, 4.69) is 27.8 Å². The van der Waals surface area contributed by atoms with Gasteiger partial charge >= 0.3 is 0 Å². The highest BCUT2D eigenvalue weighted by atomic mass is 79.9. The van der Waals surface area contributed by atoms with Gasteiger partial charge in [-0.3, -0.25) is 4.79 Å². The van der Waals surface area contributed by atoms with Crippen LogP contribution in [0, 0.1) is 0 Å². The van der Waals surface area contributed by atoms with Gasteiger partial charge in [0.25, 0.3) is 0 Å². The molecule has 1 N–H and O–H groups in total. The molecular formula is C12H10BrCl2NO. The van der Waals surface area contributed by atoms with Crippen LogP contribution in [0.15, 0.2) is 35.3 Å². The maximum absolute atomic E-state index is 11.4. The van der Waals surface area contributed by atoms with E-state index in [1.807, 2.05) is 0 Å². The number of halogens is 3. The third kappa shape index (κ3) is 5.39. The summed E-state index contributed by atoms with van der Waals surface area (Å²) in [6.45, 7) is 4.00. The maximum Gasteiger partial charge on any atom is 0.244 e. The Hall–Kier alpha value is -0.770. The molecule has 0 saturated heterocycles. The molecule has 0 unspecified atom stereocenters. The fourth-order valence-corrected chi connectivity index (χ4v) is 1.66. The van der Waals surface area contributed by atoms with Crippen LogP contribution in [0.4, 0.5) is 0 Å². The van der Waals surface area contributed by atoms with Crippen molar-refractivity contribution in [2.75, 3.05) is 6.54 Å². The van der Waals surface area contributed by atoms with E-state index in [0.717, 1.165) is 5.56 Å². The quantitative estimate of drug-likeness (QED) is 0.827. The van der Waals surface area contributed by atoms with Crippen LogP contribution in [-0.4, -0.2) is 12.5 Å². The first-order valence-corrected chi connectivity index (χ1v) is 6.28. The van der Waals surface area contributed by atoms with Crippen LogP contribution < -0.4 is 5.32 Å². The highest BCUT2D eigenvalue weighted by Crippen LogP contribution is 2.21. The van der Waals surface area contributed by atoms with Gasteiger partial charge in [0.05, 0.1) is 0 Å². The maximum atomic E-state index is 11.4. The summed E-state index contributed by atoms with van der Waals surface area (Å²) < 4.78 is 0.712. The molecule has 0 heterocycles. The van der Waals surface area contributed by atoms with Crippen molar-refractivity contribution in [3.63, 3.8) is 0 Å². The molecule has 0 aliphatic heterocycles. The predicted octanol–water partition coefficient (Wildman–Crippen LogP) is 4.03. The lowest BCUT2D eigenvalue weighted by atomic mass is 10.2. The molecule has 0 atom stereocenters. The Labute approximate surface area is 118 Å². The molecule has 0 aliphatic rings. The number of carbonyl (C=O) groups is 1. The topological polar surface area (TPSA) is 29.1 Å². The minimum atomic E-state index is -0.211. The Bertz CT molecular complexity index is 472. The third-order valence-corrected chi connectivity index (χ3v) is 2.67. The van der Waals surface area contributed by atoms with E-state index in [9.17, 15) is 4.79 Å². The summed E-state index contributed by atoms with van der Waals surface area (Å²) in [5.74, 6) is -0.211. The van der Waals surface area contributed by atoms with E-state index >= 15 is 0 Å². The zero-order valence-corrected chi connectivity index (χ0v) is 11.9. The van der Waals surface area contributed by atoms with Gasteiger partial charge in [0, 0.05) is 27.1 Å². The second-order valence-electron chi connectivity index (χ2n) is 3.23. The molecule has 0 saturated carbocycles. The zero-order chi connectivity index (χ0) is 12.8. The fourth-order valence-electron chi connectivity index (χ4n) is 1.04. The summed E-state index contributed by atoms with van der Waals surface area (Å²) in [5.41, 5.74) is 0.740. The highest BCUT2D eigenvalue weighted by molar-refractivity contribution is 9.11. The SMILES string of the molecule is C=C(Br)CNC(=O)/C=C/c1ccc(Cl)cc1Cl. The number of carbonyl (C=O) groups excluding carboxylic acids is 1. The Morgan fingerprint density at radius 2 is 2.18 bits per heavy atom. The molecule has 1 rings (SSSR count). The Balaban J connectivity index is 2.64. The molecule has 0 spiro atoms. The van der Waals surface area contributed by atoms with Crippen molar-refractivity contribution < 1.29 is 4.79 Å². The van der Waals surface area contributed by atoms with Gasteiger partial charge in [0.15, 0.2) is 0 Å². The summed E-state index contributed by atoms with van der Waals surface area (Å²) in [6.07, 6.45) is 3.04. The molecule has 0 fully saturated rings. The van der Waals surface area contributed by atoms with E-state index < -0.39 is 0 Å². The molecular weight excluding hydrogens is 325 g/mol. The Morgan fingerprint density at radius 3 is 2.76 bits per heavy atom. The number of hydrogen-bond acceptors (Lipinski definition) is 1. The lowest BCUT2D eigenvalue weighted by Gasteiger charge is -2.00. The number of nitrogens with one attached hydrogen (secondary N) is 1. The number of amides is 1. The summed E-state index contributed by atoms with van der Waals surface area (Å²) in [6, 6.07) is 5.09. The summed E-state index contributed by atoms with van der Waals surface area (Å²) in [7, 11) is 0. The highest BCUT2D eigenvalue weighted by Gasteiger charge is 1.99. The van der Waals surface area contributed by atoms with Gasteiger partial charge in [0.1, 0.15) is 0 Å². The molecule has 0 bridgehead atoms. The van der Waals surface area contributed by atoms with Crippen molar-refractivity contribution in [2.24, 2.45) is 0 Å². The smallest absolute Gasteiger partial charge is 0.244 e. The molecule has 1 aromatic carbocycles. The second-order valence-corrected chi connectivity index (χ2v) is 5.20. The lowest BCUT2D eigenvalue weighted by Crippen LogP contribution is -2.21. The second kappa shape index (κ2) is 6.84. The van der Waals surface area contributed by atoms with Gasteiger partial charge in [-0.25, -0.2) is 0 Å². The van der Waals surface area contributed by atoms with Gasteiger partial charge in [-0.1, -0.05) is 51.8 Å². The largest absolute Gasteiger partial charge is 0.348 e. The molecule has 1 amide bonds. The molecule has 0 aliphatic carbocycles. The van der Waals surface area contributed by atoms with Gasteiger partial charge in [0.2, 0.25) is 5.91 Å².